The Morgan fingerprint density at radius 2 is 1.88 bits per heavy atom. The van der Waals surface area contributed by atoms with Crippen molar-refractivity contribution in [3.63, 3.8) is 0 Å². The van der Waals surface area contributed by atoms with Gasteiger partial charge in [-0.1, -0.05) is 41.3 Å². The number of likely N-dealkylation sites (tertiary alicyclic amines) is 1. The number of benzene rings is 2. The maximum atomic E-state index is 14.0. The number of thioether (sulfide) groups is 1. The number of halogens is 3. The number of aromatic nitrogens is 1. The van der Waals surface area contributed by atoms with Crippen molar-refractivity contribution in [3.8, 4) is 11.3 Å². The lowest BCUT2D eigenvalue weighted by Crippen LogP contribution is -2.21. The average molecular weight is 621 g/mol. The first kappa shape index (κ1) is 30.0. The average Bonchev–Trinajstić information content (AvgIpc) is 3.44. The van der Waals surface area contributed by atoms with Crippen LogP contribution in [0.2, 0.25) is 10.0 Å². The summed E-state index contributed by atoms with van der Waals surface area (Å²) < 4.78 is 19.3. The number of aliphatic hydroxyl groups is 1. The Labute approximate surface area is 252 Å². The minimum absolute atomic E-state index is 0.0514. The number of carboxylic acids is 1. The number of hydrogen-bond donors (Lipinski definition) is 2. The molecule has 2 N–H and O–H groups in total. The van der Waals surface area contributed by atoms with E-state index in [2.05, 4.69) is 28.7 Å². The second kappa shape index (κ2) is 12.8. The third-order valence-corrected chi connectivity index (χ3v) is 9.77. The lowest BCUT2D eigenvalue weighted by atomic mass is 10.0. The van der Waals surface area contributed by atoms with Gasteiger partial charge >= 0.3 is 5.97 Å². The van der Waals surface area contributed by atoms with Crippen molar-refractivity contribution in [1.29, 1.82) is 0 Å². The van der Waals surface area contributed by atoms with E-state index in [-0.39, 0.29) is 17.9 Å². The third kappa shape index (κ3) is 6.65. The van der Waals surface area contributed by atoms with E-state index in [0.29, 0.717) is 37.7 Å². The number of carbonyl (C=O) groups is 1. The molecule has 11 heteroatoms. The van der Waals surface area contributed by atoms with E-state index in [4.69, 9.17) is 32.8 Å². The molecule has 6 rings (SSSR count). The number of rotatable bonds is 8. The van der Waals surface area contributed by atoms with Gasteiger partial charge in [-0.25, -0.2) is 9.18 Å². The normalized spacial score (nSPS) is 21.8. The van der Waals surface area contributed by atoms with Gasteiger partial charge in [0.15, 0.2) is 5.82 Å². The number of fused-ring (bicyclic) bond motifs is 1. The molecule has 1 saturated heterocycles. The molecule has 0 spiro atoms. The lowest BCUT2D eigenvalue weighted by molar-refractivity contribution is 0.0696. The van der Waals surface area contributed by atoms with Gasteiger partial charge in [-0.2, -0.15) is 0 Å². The summed E-state index contributed by atoms with van der Waals surface area (Å²) in [5.41, 5.74) is 1.97. The maximum Gasteiger partial charge on any atom is 0.335 e. The minimum atomic E-state index is -1.13. The van der Waals surface area contributed by atoms with Gasteiger partial charge in [-0.15, -0.1) is 11.8 Å². The zero-order chi connectivity index (χ0) is 29.3. The van der Waals surface area contributed by atoms with Crippen molar-refractivity contribution in [2.75, 3.05) is 19.0 Å². The fraction of sp³-hybridized carbons (Fsp3) is 0.433. The topological polar surface area (TPSA) is 99.2 Å². The van der Waals surface area contributed by atoms with E-state index in [9.17, 15) is 14.3 Å². The first-order chi connectivity index (χ1) is 19.7. The van der Waals surface area contributed by atoms with Crippen LogP contribution in [0.4, 0.5) is 10.1 Å². The van der Waals surface area contributed by atoms with Crippen LogP contribution in [0.1, 0.15) is 60.2 Å². The number of aliphatic imine (C=N–C) groups is 1. The molecule has 41 heavy (non-hydrogen) atoms. The summed E-state index contributed by atoms with van der Waals surface area (Å²) >= 11 is 13.7. The summed E-state index contributed by atoms with van der Waals surface area (Å²) in [7, 11) is 0. The standard InChI is InChI=1S/C17H21FN2O2S.C13H11Cl2NO2/c1-10-3-12-7-20(8-13(12)4-10)9-23-15-6-11(17(21)22)5-14(18)16(15)19-2;14-9-2-1-3-10(15)11(9)12-8(6-17)13(18-16-12)7-4-5-7/h5-6,10,12-13H,2-4,7-9H2,1H3,(H,21,22);1-3,7,17H,4-6H2/t10?,12-,13+;. The Balaban J connectivity index is 0.000000169. The first-order valence-electron chi connectivity index (χ1n) is 13.6. The molecule has 7 nitrogen and oxygen atoms in total. The highest BCUT2D eigenvalue weighted by molar-refractivity contribution is 7.99. The molecular weight excluding hydrogens is 588 g/mol. The predicted molar refractivity (Wildman–Crippen MR) is 160 cm³/mol. The Morgan fingerprint density at radius 3 is 2.44 bits per heavy atom. The fourth-order valence-corrected chi connectivity index (χ4v) is 7.61. The molecule has 0 bridgehead atoms. The highest BCUT2D eigenvalue weighted by Gasteiger charge is 2.39. The number of aromatic carboxylic acids is 1. The summed E-state index contributed by atoms with van der Waals surface area (Å²) in [5, 5.41) is 23.7. The summed E-state index contributed by atoms with van der Waals surface area (Å²) in [6.07, 6.45) is 4.76. The number of aliphatic hydroxyl groups excluding tert-OH is 1. The van der Waals surface area contributed by atoms with E-state index in [1.54, 1.807) is 18.2 Å². The van der Waals surface area contributed by atoms with Gasteiger partial charge in [0, 0.05) is 40.9 Å². The molecular formula is C30H32Cl2FN3O4S. The van der Waals surface area contributed by atoms with E-state index >= 15 is 0 Å². The van der Waals surface area contributed by atoms with E-state index in [0.717, 1.165) is 61.4 Å². The molecule has 218 valence electrons. The second-order valence-electron chi connectivity index (χ2n) is 11.1. The van der Waals surface area contributed by atoms with Crippen LogP contribution < -0.4 is 0 Å². The third-order valence-electron chi connectivity index (χ3n) is 8.02. The number of nitrogens with zero attached hydrogens (tertiary/aromatic N) is 3. The fourth-order valence-electron chi connectivity index (χ4n) is 5.99. The molecule has 2 aliphatic carbocycles. The summed E-state index contributed by atoms with van der Waals surface area (Å²) in [6.45, 7) is 7.76. The highest BCUT2D eigenvalue weighted by atomic mass is 35.5. The van der Waals surface area contributed by atoms with Crippen LogP contribution in [0, 0.1) is 23.6 Å². The van der Waals surface area contributed by atoms with Crippen LogP contribution in [0.15, 0.2) is 44.7 Å². The molecule has 3 aromatic rings. The van der Waals surface area contributed by atoms with Gasteiger partial charge in [0.25, 0.3) is 0 Å². The maximum absolute atomic E-state index is 14.0. The molecule has 3 fully saturated rings. The number of hydrogen-bond acceptors (Lipinski definition) is 7. The molecule has 0 radical (unpaired) electrons. The van der Waals surface area contributed by atoms with Gasteiger partial charge in [-0.05, 0) is 74.4 Å². The zero-order valence-electron chi connectivity index (χ0n) is 22.7. The monoisotopic (exact) mass is 619 g/mol. The van der Waals surface area contributed by atoms with Crippen molar-refractivity contribution in [2.24, 2.45) is 22.7 Å². The van der Waals surface area contributed by atoms with Crippen LogP contribution in [-0.2, 0) is 6.61 Å². The summed E-state index contributed by atoms with van der Waals surface area (Å²) in [6, 6.07) is 7.75. The molecule has 1 unspecified atom stereocenters. The van der Waals surface area contributed by atoms with Crippen LogP contribution in [0.3, 0.4) is 0 Å². The first-order valence-corrected chi connectivity index (χ1v) is 15.4. The SMILES string of the molecule is C=Nc1c(F)cc(C(=O)O)cc1SCN1C[C@H]2CC(C)C[C@H]2C1.OCc1c(-c2c(Cl)cccc2Cl)noc1C1CC1. The smallest absolute Gasteiger partial charge is 0.335 e. The minimum Gasteiger partial charge on any atom is -0.478 e. The predicted octanol–water partition coefficient (Wildman–Crippen LogP) is 7.90. The van der Waals surface area contributed by atoms with Crippen molar-refractivity contribution >= 4 is 53.3 Å². The van der Waals surface area contributed by atoms with Crippen LogP contribution in [-0.4, -0.2) is 51.9 Å². The van der Waals surface area contributed by atoms with E-state index in [1.807, 2.05) is 0 Å². The Kier molecular flexibility index (Phi) is 9.40. The Bertz CT molecular complexity index is 1410. The molecule has 3 aliphatic rings. The lowest BCUT2D eigenvalue weighted by Gasteiger charge is -2.18. The summed E-state index contributed by atoms with van der Waals surface area (Å²) in [4.78, 5) is 17.7. The second-order valence-corrected chi connectivity index (χ2v) is 12.9. The van der Waals surface area contributed by atoms with Crippen molar-refractivity contribution in [1.82, 2.24) is 10.1 Å². The van der Waals surface area contributed by atoms with E-state index < -0.39 is 11.8 Å². The molecule has 2 aromatic carbocycles. The molecule has 2 saturated carbocycles. The van der Waals surface area contributed by atoms with Crippen molar-refractivity contribution < 1.29 is 23.9 Å². The molecule has 1 aliphatic heterocycles. The zero-order valence-corrected chi connectivity index (χ0v) is 25.0. The summed E-state index contributed by atoms with van der Waals surface area (Å²) in [5.74, 6) is 2.51. The molecule has 0 amide bonds. The van der Waals surface area contributed by atoms with Gasteiger partial charge in [0.1, 0.15) is 17.1 Å². The van der Waals surface area contributed by atoms with Gasteiger partial charge in [0.2, 0.25) is 0 Å². The van der Waals surface area contributed by atoms with Crippen molar-refractivity contribution in [2.45, 2.75) is 50.0 Å². The van der Waals surface area contributed by atoms with Gasteiger partial charge in [0.05, 0.1) is 22.2 Å². The van der Waals surface area contributed by atoms with Crippen LogP contribution in [0.5, 0.6) is 0 Å². The Hall–Kier alpha value is -2.43. The Morgan fingerprint density at radius 1 is 1.22 bits per heavy atom. The molecule has 3 atom stereocenters. The molecule has 1 aromatic heterocycles. The quantitative estimate of drug-likeness (QED) is 0.195. The van der Waals surface area contributed by atoms with Gasteiger partial charge in [-0.3, -0.25) is 9.89 Å². The van der Waals surface area contributed by atoms with Crippen LogP contribution in [0.25, 0.3) is 11.3 Å². The largest absolute Gasteiger partial charge is 0.478 e. The molecule has 2 heterocycles. The van der Waals surface area contributed by atoms with Crippen molar-refractivity contribution in [3.05, 3.63) is 63.1 Å². The van der Waals surface area contributed by atoms with E-state index in [1.165, 1.54) is 30.7 Å². The number of carboxylic acid groups (broad SMARTS) is 1. The van der Waals surface area contributed by atoms with Crippen LogP contribution >= 0.6 is 35.0 Å². The highest BCUT2D eigenvalue weighted by Crippen LogP contribution is 2.46. The van der Waals surface area contributed by atoms with Gasteiger partial charge < -0.3 is 14.7 Å².